The number of hydrogen-bond acceptors (Lipinski definition) is 6. The van der Waals surface area contributed by atoms with Crippen molar-refractivity contribution in [1.29, 1.82) is 0 Å². The van der Waals surface area contributed by atoms with Gasteiger partial charge in [-0.2, -0.15) is 0 Å². The number of hydrogen-bond donors (Lipinski definition) is 0. The summed E-state index contributed by atoms with van der Waals surface area (Å²) in [7, 11) is 3.87. The highest BCUT2D eigenvalue weighted by Crippen LogP contribution is 2.43. The number of anilines is 1. The number of rotatable bonds is 1. The Morgan fingerprint density at radius 3 is 2.89 bits per heavy atom. The maximum atomic E-state index is 12.0. The number of aromatic nitrogens is 2. The van der Waals surface area contributed by atoms with E-state index in [-0.39, 0.29) is 5.63 Å². The molecule has 0 atom stereocenters. The first kappa shape index (κ1) is 11.2. The smallest absolute Gasteiger partial charge is 0.348 e. The van der Waals surface area contributed by atoms with E-state index in [2.05, 4.69) is 9.36 Å². The minimum absolute atomic E-state index is 0.347. The number of fused-ring (bicyclic) bond motifs is 3. The average molecular weight is 261 g/mol. The molecule has 18 heavy (non-hydrogen) atoms. The summed E-state index contributed by atoms with van der Waals surface area (Å²) in [4.78, 5) is 19.2. The maximum absolute atomic E-state index is 12.0. The van der Waals surface area contributed by atoms with Crippen LogP contribution in [0.5, 0.6) is 0 Å². The monoisotopic (exact) mass is 261 g/mol. The van der Waals surface area contributed by atoms with E-state index in [1.807, 2.05) is 25.1 Å². The highest BCUT2D eigenvalue weighted by atomic mass is 32.1. The standard InChI is InChI=1S/C12H11N3O2S/c1-6-14-9-8(12(16)17-6)11-7(4-5-13-18-11)10(9)15(2)3/h4-5H,1-3H3. The molecule has 0 aromatic carbocycles. The molecule has 3 rings (SSSR count). The van der Waals surface area contributed by atoms with Gasteiger partial charge < -0.3 is 9.32 Å². The van der Waals surface area contributed by atoms with E-state index in [4.69, 9.17) is 4.42 Å². The van der Waals surface area contributed by atoms with Gasteiger partial charge in [0.1, 0.15) is 10.9 Å². The molecule has 1 aliphatic heterocycles. The molecule has 92 valence electrons. The summed E-state index contributed by atoms with van der Waals surface area (Å²) in [5.41, 5.74) is 2.27. The molecule has 1 aromatic rings. The third-order valence-corrected chi connectivity index (χ3v) is 3.63. The van der Waals surface area contributed by atoms with Crippen molar-refractivity contribution in [3.63, 3.8) is 0 Å². The zero-order valence-electron chi connectivity index (χ0n) is 10.2. The van der Waals surface area contributed by atoms with Gasteiger partial charge >= 0.3 is 5.63 Å². The van der Waals surface area contributed by atoms with Crippen LogP contribution in [0.2, 0.25) is 0 Å². The van der Waals surface area contributed by atoms with Crippen LogP contribution in [0.1, 0.15) is 5.89 Å². The Balaban J connectivity index is 2.61. The van der Waals surface area contributed by atoms with Gasteiger partial charge in [-0.1, -0.05) is 0 Å². The molecular formula is C12H11N3O2S. The van der Waals surface area contributed by atoms with Gasteiger partial charge in [-0.05, 0) is 17.6 Å². The van der Waals surface area contributed by atoms with E-state index in [0.717, 1.165) is 16.1 Å². The topological polar surface area (TPSA) is 59.2 Å². The Labute approximate surface area is 107 Å². The van der Waals surface area contributed by atoms with Crippen LogP contribution in [0, 0.1) is 6.92 Å². The highest BCUT2D eigenvalue weighted by molar-refractivity contribution is 7.10. The van der Waals surface area contributed by atoms with Crippen molar-refractivity contribution in [2.75, 3.05) is 19.0 Å². The molecule has 0 amide bonds. The SMILES string of the molecule is Cc1nc2c(N(C)C)c3ccnsc-3c2c(=O)o1. The Kier molecular flexibility index (Phi) is 2.34. The highest BCUT2D eigenvalue weighted by Gasteiger charge is 2.24. The molecule has 2 aliphatic rings. The first-order chi connectivity index (χ1) is 8.59. The summed E-state index contributed by atoms with van der Waals surface area (Å²) in [5, 5.41) is 0.525. The third kappa shape index (κ3) is 1.42. The summed E-state index contributed by atoms with van der Waals surface area (Å²) in [6.07, 6.45) is 1.73. The predicted octanol–water partition coefficient (Wildman–Crippen LogP) is 2.12. The van der Waals surface area contributed by atoms with Crippen LogP contribution < -0.4 is 10.5 Å². The molecule has 0 N–H and O–H groups in total. The second-order valence-electron chi connectivity index (χ2n) is 4.24. The molecule has 0 bridgehead atoms. The molecule has 0 unspecified atom stereocenters. The van der Waals surface area contributed by atoms with Gasteiger partial charge in [0.25, 0.3) is 0 Å². The molecule has 0 fully saturated rings. The largest absolute Gasteiger partial charge is 0.408 e. The second kappa shape index (κ2) is 3.78. The lowest BCUT2D eigenvalue weighted by molar-refractivity contribution is 0.467. The Bertz CT molecular complexity index is 760. The summed E-state index contributed by atoms with van der Waals surface area (Å²) < 4.78 is 9.20. The first-order valence-corrected chi connectivity index (χ1v) is 6.22. The van der Waals surface area contributed by atoms with Gasteiger partial charge in [0.2, 0.25) is 0 Å². The van der Waals surface area contributed by atoms with Gasteiger partial charge in [-0.25, -0.2) is 14.2 Å². The van der Waals surface area contributed by atoms with Crippen LogP contribution >= 0.6 is 11.5 Å². The van der Waals surface area contributed by atoms with E-state index in [1.54, 1.807) is 13.1 Å². The van der Waals surface area contributed by atoms with Crippen LogP contribution in [-0.2, 0) is 0 Å². The fraction of sp³-hybridized carbons (Fsp3) is 0.250. The van der Waals surface area contributed by atoms with Crippen LogP contribution in [0.4, 0.5) is 5.69 Å². The zero-order chi connectivity index (χ0) is 12.9. The third-order valence-electron chi connectivity index (χ3n) is 2.79. The number of nitrogens with zero attached hydrogens (tertiary/aromatic N) is 3. The summed E-state index contributed by atoms with van der Waals surface area (Å²) in [5.74, 6) is 0.379. The Hall–Kier alpha value is -1.95. The molecule has 1 aliphatic carbocycles. The van der Waals surface area contributed by atoms with E-state index in [1.165, 1.54) is 11.5 Å². The zero-order valence-corrected chi connectivity index (χ0v) is 11.0. The van der Waals surface area contributed by atoms with Gasteiger partial charge in [0.05, 0.1) is 10.6 Å². The minimum Gasteiger partial charge on any atom is -0.408 e. The molecule has 0 radical (unpaired) electrons. The predicted molar refractivity (Wildman–Crippen MR) is 71.6 cm³/mol. The summed E-state index contributed by atoms with van der Waals surface area (Å²) in [6, 6.07) is 1.90. The molecule has 6 heteroatoms. The average Bonchev–Trinajstić information content (AvgIpc) is 2.62. The van der Waals surface area contributed by atoms with E-state index >= 15 is 0 Å². The van der Waals surface area contributed by atoms with Crippen LogP contribution in [0.25, 0.3) is 21.3 Å². The lowest BCUT2D eigenvalue weighted by Gasteiger charge is -2.12. The van der Waals surface area contributed by atoms with Gasteiger partial charge in [0.15, 0.2) is 5.89 Å². The van der Waals surface area contributed by atoms with Crippen molar-refractivity contribution in [1.82, 2.24) is 9.36 Å². The first-order valence-electron chi connectivity index (χ1n) is 5.44. The van der Waals surface area contributed by atoms with Crippen molar-refractivity contribution < 1.29 is 4.42 Å². The van der Waals surface area contributed by atoms with Crippen LogP contribution in [0.3, 0.4) is 0 Å². The van der Waals surface area contributed by atoms with Crippen molar-refractivity contribution in [2.24, 2.45) is 0 Å². The fourth-order valence-electron chi connectivity index (χ4n) is 2.15. The van der Waals surface area contributed by atoms with Crippen LogP contribution in [0.15, 0.2) is 21.5 Å². The second-order valence-corrected chi connectivity index (χ2v) is 5.04. The van der Waals surface area contributed by atoms with Crippen molar-refractivity contribution in [2.45, 2.75) is 6.92 Å². The Morgan fingerprint density at radius 1 is 1.39 bits per heavy atom. The van der Waals surface area contributed by atoms with Crippen molar-refractivity contribution in [3.05, 3.63) is 28.6 Å². The summed E-state index contributed by atoms with van der Waals surface area (Å²) >= 11 is 1.29. The normalized spacial score (nSPS) is 11.3. The maximum Gasteiger partial charge on any atom is 0.348 e. The quantitative estimate of drug-likeness (QED) is 0.671. The minimum atomic E-state index is -0.347. The molecule has 2 heterocycles. The van der Waals surface area contributed by atoms with Gasteiger partial charge in [-0.15, -0.1) is 0 Å². The molecule has 0 saturated heterocycles. The number of aryl methyl sites for hydroxylation is 1. The lowest BCUT2D eigenvalue weighted by atomic mass is 10.2. The molecular weight excluding hydrogens is 250 g/mol. The van der Waals surface area contributed by atoms with Crippen LogP contribution in [-0.4, -0.2) is 23.5 Å². The fourth-order valence-corrected chi connectivity index (χ4v) is 2.91. The Morgan fingerprint density at radius 2 is 2.17 bits per heavy atom. The van der Waals surface area contributed by atoms with Gasteiger partial charge in [0, 0.05) is 32.8 Å². The molecule has 5 nitrogen and oxygen atoms in total. The molecule has 1 aromatic heterocycles. The lowest BCUT2D eigenvalue weighted by Crippen LogP contribution is -2.09. The molecule has 0 saturated carbocycles. The van der Waals surface area contributed by atoms with E-state index in [0.29, 0.717) is 16.8 Å². The summed E-state index contributed by atoms with van der Waals surface area (Å²) in [6.45, 7) is 1.68. The molecule has 0 spiro atoms. The van der Waals surface area contributed by atoms with Gasteiger partial charge in [-0.3, -0.25) is 0 Å². The van der Waals surface area contributed by atoms with E-state index < -0.39 is 0 Å². The van der Waals surface area contributed by atoms with Crippen molar-refractivity contribution >= 4 is 28.1 Å². The van der Waals surface area contributed by atoms with Crippen molar-refractivity contribution in [3.8, 4) is 10.4 Å². The van der Waals surface area contributed by atoms with E-state index in [9.17, 15) is 4.79 Å².